The van der Waals surface area contributed by atoms with E-state index in [4.69, 9.17) is 9.47 Å². The lowest BCUT2D eigenvalue weighted by atomic mass is 10.1. The smallest absolute Gasteiger partial charge is 0.341 e. The maximum absolute atomic E-state index is 12.6. The lowest BCUT2D eigenvalue weighted by Crippen LogP contribution is -2.28. The van der Waals surface area contributed by atoms with Gasteiger partial charge in [0.1, 0.15) is 10.8 Å². The van der Waals surface area contributed by atoms with Crippen molar-refractivity contribution in [3.63, 3.8) is 0 Å². The van der Waals surface area contributed by atoms with Crippen LogP contribution in [-0.4, -0.2) is 31.5 Å². The zero-order valence-corrected chi connectivity index (χ0v) is 17.5. The second-order valence-corrected chi connectivity index (χ2v) is 8.18. The van der Waals surface area contributed by atoms with Gasteiger partial charge in [-0.25, -0.2) is 4.79 Å². The number of aryl methyl sites for hydroxylation is 1. The number of anilines is 1. The van der Waals surface area contributed by atoms with Crippen LogP contribution in [0, 0.1) is 19.8 Å². The molecule has 1 aliphatic rings. The van der Waals surface area contributed by atoms with Crippen molar-refractivity contribution >= 4 is 34.1 Å². The SMILES string of the molecule is COc1ccc(CNC(=O)COC(=O)c2c(NC(=O)C3CC3)sc(C)c2C)cc1. The molecule has 0 bridgehead atoms. The lowest BCUT2D eigenvalue weighted by Gasteiger charge is -2.09. The zero-order valence-electron chi connectivity index (χ0n) is 16.7. The molecule has 29 heavy (non-hydrogen) atoms. The van der Waals surface area contributed by atoms with Crippen LogP contribution in [0.5, 0.6) is 5.75 Å². The topological polar surface area (TPSA) is 93.7 Å². The van der Waals surface area contributed by atoms with E-state index in [0.717, 1.165) is 34.6 Å². The summed E-state index contributed by atoms with van der Waals surface area (Å²) in [6.45, 7) is 3.61. The van der Waals surface area contributed by atoms with E-state index in [2.05, 4.69) is 10.6 Å². The fourth-order valence-electron chi connectivity index (χ4n) is 2.72. The average Bonchev–Trinajstić information content (AvgIpc) is 3.52. The summed E-state index contributed by atoms with van der Waals surface area (Å²) in [7, 11) is 1.59. The fraction of sp³-hybridized carbons (Fsp3) is 0.381. The molecule has 2 N–H and O–H groups in total. The first kappa shape index (κ1) is 20.9. The van der Waals surface area contributed by atoms with Crippen molar-refractivity contribution in [1.82, 2.24) is 5.32 Å². The molecule has 0 saturated heterocycles. The van der Waals surface area contributed by atoms with Crippen molar-refractivity contribution in [2.24, 2.45) is 5.92 Å². The van der Waals surface area contributed by atoms with Crippen molar-refractivity contribution < 1.29 is 23.9 Å². The molecule has 8 heteroatoms. The first-order valence-electron chi connectivity index (χ1n) is 9.36. The number of thiophene rings is 1. The number of carbonyl (C=O) groups is 3. The zero-order chi connectivity index (χ0) is 21.0. The number of esters is 1. The van der Waals surface area contributed by atoms with Gasteiger partial charge in [0.2, 0.25) is 5.91 Å². The Morgan fingerprint density at radius 3 is 2.45 bits per heavy atom. The summed E-state index contributed by atoms with van der Waals surface area (Å²) in [5, 5.41) is 6.02. The third-order valence-electron chi connectivity index (χ3n) is 4.76. The standard InChI is InChI=1S/C21H24N2O5S/c1-12-13(2)29-20(23-19(25)15-6-7-15)18(12)21(26)28-11-17(24)22-10-14-4-8-16(27-3)9-5-14/h4-5,8-9,15H,6-7,10-11H2,1-3H3,(H,22,24)(H,23,25). The van der Waals surface area contributed by atoms with Gasteiger partial charge < -0.3 is 20.1 Å². The first-order chi connectivity index (χ1) is 13.9. The number of nitrogens with one attached hydrogen (secondary N) is 2. The molecule has 0 aliphatic heterocycles. The van der Waals surface area contributed by atoms with E-state index in [1.165, 1.54) is 11.3 Å². The summed E-state index contributed by atoms with van der Waals surface area (Å²) in [5.74, 6) is -0.317. The van der Waals surface area contributed by atoms with Crippen LogP contribution in [0.2, 0.25) is 0 Å². The van der Waals surface area contributed by atoms with Crippen molar-refractivity contribution in [2.45, 2.75) is 33.2 Å². The van der Waals surface area contributed by atoms with Gasteiger partial charge in [-0.3, -0.25) is 9.59 Å². The molecule has 1 saturated carbocycles. The van der Waals surface area contributed by atoms with E-state index in [1.54, 1.807) is 26.2 Å². The molecule has 1 aliphatic carbocycles. The van der Waals surface area contributed by atoms with Crippen LogP contribution in [0.25, 0.3) is 0 Å². The van der Waals surface area contributed by atoms with Gasteiger partial charge in [0, 0.05) is 17.3 Å². The molecule has 3 rings (SSSR count). The number of benzene rings is 1. The highest BCUT2D eigenvalue weighted by Crippen LogP contribution is 2.36. The predicted molar refractivity (Wildman–Crippen MR) is 110 cm³/mol. The minimum Gasteiger partial charge on any atom is -0.497 e. The van der Waals surface area contributed by atoms with Crippen LogP contribution in [0.3, 0.4) is 0 Å². The summed E-state index contributed by atoms with van der Waals surface area (Å²) >= 11 is 1.34. The van der Waals surface area contributed by atoms with E-state index in [-0.39, 0.29) is 18.4 Å². The van der Waals surface area contributed by atoms with Gasteiger partial charge in [-0.05, 0) is 49.9 Å². The van der Waals surface area contributed by atoms with Crippen molar-refractivity contribution in [3.05, 3.63) is 45.8 Å². The summed E-state index contributed by atoms with van der Waals surface area (Å²) in [4.78, 5) is 37.6. The molecule has 1 aromatic heterocycles. The summed E-state index contributed by atoms with van der Waals surface area (Å²) < 4.78 is 10.3. The molecule has 2 amide bonds. The maximum Gasteiger partial charge on any atom is 0.341 e. The molecular weight excluding hydrogens is 392 g/mol. The molecule has 0 atom stereocenters. The van der Waals surface area contributed by atoms with Crippen LogP contribution in [0.1, 0.15) is 39.2 Å². The first-order valence-corrected chi connectivity index (χ1v) is 10.2. The van der Waals surface area contributed by atoms with E-state index < -0.39 is 11.9 Å². The third kappa shape index (κ3) is 5.35. The fourth-order valence-corrected chi connectivity index (χ4v) is 3.77. The largest absolute Gasteiger partial charge is 0.497 e. The van der Waals surface area contributed by atoms with E-state index in [1.807, 2.05) is 19.1 Å². The van der Waals surface area contributed by atoms with Crippen LogP contribution in [0.4, 0.5) is 5.00 Å². The second kappa shape index (κ2) is 9.09. The number of hydrogen-bond acceptors (Lipinski definition) is 6. The molecule has 1 aromatic carbocycles. The minimum atomic E-state index is -0.613. The average molecular weight is 416 g/mol. The van der Waals surface area contributed by atoms with Crippen molar-refractivity contribution in [3.8, 4) is 5.75 Å². The van der Waals surface area contributed by atoms with Gasteiger partial charge in [-0.1, -0.05) is 12.1 Å². The van der Waals surface area contributed by atoms with Gasteiger partial charge in [0.25, 0.3) is 5.91 Å². The Balaban J connectivity index is 1.54. The van der Waals surface area contributed by atoms with E-state index in [0.29, 0.717) is 17.1 Å². The van der Waals surface area contributed by atoms with E-state index >= 15 is 0 Å². The van der Waals surface area contributed by atoms with Gasteiger partial charge in [0.05, 0.1) is 12.7 Å². The molecule has 2 aromatic rings. The Morgan fingerprint density at radius 2 is 1.83 bits per heavy atom. The highest BCUT2D eigenvalue weighted by atomic mass is 32.1. The predicted octanol–water partition coefficient (Wildman–Crippen LogP) is 3.20. The summed E-state index contributed by atoms with van der Waals surface area (Å²) in [5.41, 5.74) is 1.98. The van der Waals surface area contributed by atoms with Crippen LogP contribution in [-0.2, 0) is 20.9 Å². The Kier molecular flexibility index (Phi) is 6.53. The number of rotatable bonds is 8. The molecule has 1 heterocycles. The van der Waals surface area contributed by atoms with Crippen molar-refractivity contribution in [1.29, 1.82) is 0 Å². The lowest BCUT2D eigenvalue weighted by molar-refractivity contribution is -0.124. The normalized spacial score (nSPS) is 12.9. The van der Waals surface area contributed by atoms with Gasteiger partial charge in [-0.15, -0.1) is 11.3 Å². The van der Waals surface area contributed by atoms with Gasteiger partial charge in [0.15, 0.2) is 6.61 Å². The number of carbonyl (C=O) groups excluding carboxylic acids is 3. The molecule has 0 unspecified atom stereocenters. The molecule has 7 nitrogen and oxygen atoms in total. The molecule has 0 spiro atoms. The number of methoxy groups -OCH3 is 1. The van der Waals surface area contributed by atoms with Crippen LogP contribution < -0.4 is 15.4 Å². The Bertz CT molecular complexity index is 916. The van der Waals surface area contributed by atoms with Crippen LogP contribution >= 0.6 is 11.3 Å². The number of amides is 2. The maximum atomic E-state index is 12.6. The monoisotopic (exact) mass is 416 g/mol. The summed E-state index contributed by atoms with van der Waals surface area (Å²) in [6, 6.07) is 7.30. The molecule has 0 radical (unpaired) electrons. The van der Waals surface area contributed by atoms with Crippen LogP contribution in [0.15, 0.2) is 24.3 Å². The minimum absolute atomic E-state index is 0.0327. The van der Waals surface area contributed by atoms with Crippen molar-refractivity contribution in [2.75, 3.05) is 19.0 Å². The highest BCUT2D eigenvalue weighted by molar-refractivity contribution is 7.16. The van der Waals surface area contributed by atoms with Gasteiger partial charge in [-0.2, -0.15) is 0 Å². The quantitative estimate of drug-likeness (QED) is 0.645. The summed E-state index contributed by atoms with van der Waals surface area (Å²) in [6.07, 6.45) is 1.76. The molecule has 154 valence electrons. The highest BCUT2D eigenvalue weighted by Gasteiger charge is 2.31. The number of ether oxygens (including phenoxy) is 2. The molecule has 1 fully saturated rings. The van der Waals surface area contributed by atoms with Gasteiger partial charge >= 0.3 is 5.97 Å². The second-order valence-electron chi connectivity index (χ2n) is 6.95. The molecular formula is C21H24N2O5S. The van der Waals surface area contributed by atoms with E-state index in [9.17, 15) is 14.4 Å². The Labute approximate surface area is 173 Å². The number of hydrogen-bond donors (Lipinski definition) is 2. The third-order valence-corrected chi connectivity index (χ3v) is 5.88. The Morgan fingerprint density at radius 1 is 1.14 bits per heavy atom. The Hall–Kier alpha value is -2.87.